The second kappa shape index (κ2) is 8.76. The average Bonchev–Trinajstić information content (AvgIpc) is 2.58. The van der Waals surface area contributed by atoms with Gasteiger partial charge in [-0.2, -0.15) is 0 Å². The van der Waals surface area contributed by atoms with Gasteiger partial charge in [0.25, 0.3) is 0 Å². The van der Waals surface area contributed by atoms with Crippen LogP contribution in [0.2, 0.25) is 0 Å². The number of hydrogen-bond donors (Lipinski definition) is 0. The summed E-state index contributed by atoms with van der Waals surface area (Å²) in [5.41, 5.74) is 9.74. The van der Waals surface area contributed by atoms with Gasteiger partial charge in [-0.1, -0.05) is 119 Å². The molecule has 0 saturated heterocycles. The van der Waals surface area contributed by atoms with Gasteiger partial charge in [0.05, 0.1) is 0 Å². The summed E-state index contributed by atoms with van der Waals surface area (Å²) in [7, 11) is 0. The number of rotatable bonds is 4. The molecule has 0 fully saturated rings. The minimum absolute atomic E-state index is 0.136. The maximum Gasteiger partial charge on any atom is -0.0126 e. The summed E-state index contributed by atoms with van der Waals surface area (Å²) in [4.78, 5) is 0. The SMILES string of the molecule is CC(C)(C)c1cc(CCCc2ccccc2C(C)(C)C)c(C(C)(C)C)c(C(C)(C)C)c1. The lowest BCUT2D eigenvalue weighted by molar-refractivity contribution is 0.515. The third-order valence-corrected chi connectivity index (χ3v) is 6.36. The Balaban J connectivity index is 2.49. The Labute approximate surface area is 193 Å². The van der Waals surface area contributed by atoms with Crippen LogP contribution in [-0.2, 0) is 34.5 Å². The summed E-state index contributed by atoms with van der Waals surface area (Å²) in [5, 5.41) is 0. The quantitative estimate of drug-likeness (QED) is 0.462. The van der Waals surface area contributed by atoms with Crippen molar-refractivity contribution in [1.82, 2.24) is 0 Å². The van der Waals surface area contributed by atoms with Gasteiger partial charge < -0.3 is 0 Å². The zero-order valence-electron chi connectivity index (χ0n) is 22.6. The Morgan fingerprint density at radius 1 is 0.516 bits per heavy atom. The van der Waals surface area contributed by atoms with Crippen molar-refractivity contribution >= 4 is 0 Å². The molecule has 0 radical (unpaired) electrons. The van der Waals surface area contributed by atoms with Gasteiger partial charge in [0.1, 0.15) is 0 Å². The molecule has 172 valence electrons. The molecule has 0 saturated carbocycles. The molecule has 2 aromatic carbocycles. The normalized spacial score (nSPS) is 13.5. The molecule has 0 unspecified atom stereocenters. The lowest BCUT2D eigenvalue weighted by Crippen LogP contribution is -2.26. The van der Waals surface area contributed by atoms with Crippen molar-refractivity contribution < 1.29 is 0 Å². The molecular weight excluding hydrogens is 372 g/mol. The van der Waals surface area contributed by atoms with E-state index in [1.807, 2.05) is 0 Å². The second-order valence-electron chi connectivity index (χ2n) is 13.6. The van der Waals surface area contributed by atoms with E-state index in [0.29, 0.717) is 0 Å². The van der Waals surface area contributed by atoms with Crippen molar-refractivity contribution in [3.63, 3.8) is 0 Å². The van der Waals surface area contributed by atoms with Gasteiger partial charge in [-0.25, -0.2) is 0 Å². The highest BCUT2D eigenvalue weighted by atomic mass is 14.3. The molecule has 0 heterocycles. The van der Waals surface area contributed by atoms with E-state index in [-0.39, 0.29) is 21.7 Å². The van der Waals surface area contributed by atoms with Gasteiger partial charge in [0.2, 0.25) is 0 Å². The van der Waals surface area contributed by atoms with Gasteiger partial charge in [-0.3, -0.25) is 0 Å². The maximum atomic E-state index is 2.52. The summed E-state index contributed by atoms with van der Waals surface area (Å²) >= 11 is 0. The molecule has 0 atom stereocenters. The van der Waals surface area contributed by atoms with Gasteiger partial charge in [0.15, 0.2) is 0 Å². The Bertz CT molecular complexity index is 884. The standard InChI is InChI=1S/C31H48/c1-28(2,3)24-20-23(27(31(10,11)12)26(21-24)30(7,8)9)18-15-17-22-16-13-14-19-25(22)29(4,5)6/h13-14,16,19-21H,15,17-18H2,1-12H3. The molecule has 0 aliphatic heterocycles. The fraction of sp³-hybridized carbons (Fsp3) is 0.613. The van der Waals surface area contributed by atoms with Crippen molar-refractivity contribution in [2.75, 3.05) is 0 Å². The predicted molar refractivity (Wildman–Crippen MR) is 140 cm³/mol. The van der Waals surface area contributed by atoms with Crippen LogP contribution in [0.3, 0.4) is 0 Å². The van der Waals surface area contributed by atoms with E-state index in [1.54, 1.807) is 11.1 Å². The maximum absolute atomic E-state index is 2.52. The molecule has 0 spiro atoms. The van der Waals surface area contributed by atoms with E-state index in [4.69, 9.17) is 0 Å². The minimum Gasteiger partial charge on any atom is -0.0620 e. The first-order chi connectivity index (χ1) is 13.9. The monoisotopic (exact) mass is 420 g/mol. The van der Waals surface area contributed by atoms with E-state index in [1.165, 1.54) is 28.7 Å². The summed E-state index contributed by atoms with van der Waals surface area (Å²) in [6.07, 6.45) is 3.47. The molecule has 0 heteroatoms. The van der Waals surface area contributed by atoms with Crippen LogP contribution < -0.4 is 0 Å². The molecule has 0 aliphatic carbocycles. The molecule has 0 aromatic heterocycles. The Kier molecular flexibility index (Phi) is 7.26. The smallest absolute Gasteiger partial charge is 0.0126 e. The van der Waals surface area contributed by atoms with Gasteiger partial charge in [0, 0.05) is 0 Å². The summed E-state index contributed by atoms with van der Waals surface area (Å²) < 4.78 is 0. The average molecular weight is 421 g/mol. The highest BCUT2D eigenvalue weighted by Crippen LogP contribution is 2.40. The van der Waals surface area contributed by atoms with Crippen molar-refractivity contribution in [2.45, 2.75) is 124 Å². The summed E-state index contributed by atoms with van der Waals surface area (Å²) in [6, 6.07) is 14.0. The first kappa shape index (κ1) is 25.7. The van der Waals surface area contributed by atoms with Crippen LogP contribution in [0.15, 0.2) is 36.4 Å². The van der Waals surface area contributed by atoms with Crippen molar-refractivity contribution in [1.29, 1.82) is 0 Å². The van der Waals surface area contributed by atoms with Crippen molar-refractivity contribution in [2.24, 2.45) is 0 Å². The van der Waals surface area contributed by atoms with E-state index in [9.17, 15) is 0 Å². The predicted octanol–water partition coefficient (Wildman–Crippen LogP) is 9.05. The van der Waals surface area contributed by atoms with E-state index < -0.39 is 0 Å². The van der Waals surface area contributed by atoms with Gasteiger partial charge >= 0.3 is 0 Å². The molecule has 0 N–H and O–H groups in total. The largest absolute Gasteiger partial charge is 0.0620 e. The zero-order chi connectivity index (χ0) is 23.8. The molecule has 0 bridgehead atoms. The van der Waals surface area contributed by atoms with E-state index in [0.717, 1.165) is 12.8 Å². The first-order valence-corrected chi connectivity index (χ1v) is 12.2. The minimum atomic E-state index is 0.136. The van der Waals surface area contributed by atoms with Crippen LogP contribution in [0.1, 0.15) is 123 Å². The van der Waals surface area contributed by atoms with Gasteiger partial charge in [-0.05, 0) is 74.3 Å². The summed E-state index contributed by atoms with van der Waals surface area (Å²) in [5.74, 6) is 0. The molecule has 0 amide bonds. The Morgan fingerprint density at radius 3 is 1.52 bits per heavy atom. The van der Waals surface area contributed by atoms with Crippen molar-refractivity contribution in [3.8, 4) is 0 Å². The third kappa shape index (κ3) is 6.47. The zero-order valence-corrected chi connectivity index (χ0v) is 22.6. The van der Waals surface area contributed by atoms with Crippen LogP contribution in [0.25, 0.3) is 0 Å². The Hall–Kier alpha value is -1.56. The van der Waals surface area contributed by atoms with Crippen LogP contribution in [0.4, 0.5) is 0 Å². The molecule has 31 heavy (non-hydrogen) atoms. The first-order valence-electron chi connectivity index (χ1n) is 12.2. The third-order valence-electron chi connectivity index (χ3n) is 6.36. The fourth-order valence-electron chi connectivity index (χ4n) is 4.75. The molecule has 2 aromatic rings. The molecule has 0 aliphatic rings. The summed E-state index contributed by atoms with van der Waals surface area (Å²) in [6.45, 7) is 28.3. The lowest BCUT2D eigenvalue weighted by atomic mass is 9.70. The van der Waals surface area contributed by atoms with Crippen molar-refractivity contribution in [3.05, 3.63) is 69.8 Å². The van der Waals surface area contributed by atoms with E-state index >= 15 is 0 Å². The number of benzene rings is 2. The molecule has 2 rings (SSSR count). The van der Waals surface area contributed by atoms with E-state index in [2.05, 4.69) is 119 Å². The van der Waals surface area contributed by atoms with Crippen LogP contribution in [-0.4, -0.2) is 0 Å². The highest BCUT2D eigenvalue weighted by molar-refractivity contribution is 5.48. The van der Waals surface area contributed by atoms with Crippen LogP contribution in [0.5, 0.6) is 0 Å². The topological polar surface area (TPSA) is 0 Å². The van der Waals surface area contributed by atoms with Crippen LogP contribution in [0, 0.1) is 0 Å². The fourth-order valence-corrected chi connectivity index (χ4v) is 4.75. The molecule has 0 nitrogen and oxygen atoms in total. The number of aryl methyl sites for hydroxylation is 2. The number of hydrogen-bond acceptors (Lipinski definition) is 0. The second-order valence-corrected chi connectivity index (χ2v) is 13.6. The highest BCUT2D eigenvalue weighted by Gasteiger charge is 2.30. The van der Waals surface area contributed by atoms with Crippen LogP contribution >= 0.6 is 0 Å². The van der Waals surface area contributed by atoms with Gasteiger partial charge in [-0.15, -0.1) is 0 Å². The molecular formula is C31H48. The lowest BCUT2D eigenvalue weighted by Gasteiger charge is -2.35. The Morgan fingerprint density at radius 2 is 1.03 bits per heavy atom.